The molecule has 1 N–H and O–H groups in total. The number of rotatable bonds is 5. The number of nitrogens with one attached hydrogen (secondary N) is 1. The molecule has 0 fully saturated rings. The largest absolute Gasteiger partial charge is 0.445 e. The fraction of sp³-hybridized carbons (Fsp3) is 0.167. The molecular formula is C24H19Cl3N2O2S. The number of hydrogen-bond donors (Lipinski definition) is 1. The number of benzene rings is 3. The smallest absolute Gasteiger partial charge is 0.408 e. The molecule has 0 saturated heterocycles. The molecule has 0 aromatic heterocycles. The van der Waals surface area contributed by atoms with Crippen LogP contribution in [-0.2, 0) is 4.74 Å². The summed E-state index contributed by atoms with van der Waals surface area (Å²) in [5.41, 5.74) is 3.86. The molecule has 0 radical (unpaired) electrons. The van der Waals surface area contributed by atoms with Gasteiger partial charge in [0, 0.05) is 16.0 Å². The first-order valence-electron chi connectivity index (χ1n) is 9.85. The van der Waals surface area contributed by atoms with Gasteiger partial charge in [0.15, 0.2) is 0 Å². The summed E-state index contributed by atoms with van der Waals surface area (Å²) in [6, 6.07) is 27.6. The summed E-state index contributed by atoms with van der Waals surface area (Å²) in [7, 11) is 0. The number of carbonyl (C=O) groups excluding carboxylic acids is 1. The Balaban J connectivity index is 1.69. The van der Waals surface area contributed by atoms with Gasteiger partial charge in [-0.25, -0.2) is 4.79 Å². The molecule has 0 aliphatic carbocycles. The van der Waals surface area contributed by atoms with Crippen LogP contribution in [-0.4, -0.2) is 27.6 Å². The Labute approximate surface area is 205 Å². The molecule has 32 heavy (non-hydrogen) atoms. The molecule has 164 valence electrons. The molecule has 0 spiro atoms. The number of carbonyl (C=O) groups is 1. The lowest BCUT2D eigenvalue weighted by atomic mass is 10.0. The number of thioether (sulfide) groups is 1. The van der Waals surface area contributed by atoms with Gasteiger partial charge in [-0.05, 0) is 11.6 Å². The molecule has 1 heterocycles. The van der Waals surface area contributed by atoms with E-state index in [4.69, 9.17) is 44.5 Å². The first kappa shape index (κ1) is 23.0. The van der Waals surface area contributed by atoms with Crippen molar-refractivity contribution in [2.75, 3.05) is 6.61 Å². The van der Waals surface area contributed by atoms with Gasteiger partial charge in [0.2, 0.25) is 3.79 Å². The van der Waals surface area contributed by atoms with E-state index in [0.717, 1.165) is 27.3 Å². The molecule has 4 nitrogen and oxygen atoms in total. The van der Waals surface area contributed by atoms with E-state index in [1.165, 1.54) is 11.8 Å². The summed E-state index contributed by atoms with van der Waals surface area (Å²) >= 11 is 18.6. The van der Waals surface area contributed by atoms with Gasteiger partial charge < -0.3 is 10.1 Å². The predicted octanol–water partition coefficient (Wildman–Crippen LogP) is 6.79. The number of nitrogens with zero attached hydrogens (tertiary/aromatic N) is 1. The SMILES string of the molecule is O=C(N[C@@H]1Sc2ccccc2[C@H]1N=C(c1ccccc1)c1ccccc1)OCC(Cl)(Cl)Cl. The highest BCUT2D eigenvalue weighted by molar-refractivity contribution is 8.00. The summed E-state index contributed by atoms with van der Waals surface area (Å²) in [4.78, 5) is 18.6. The van der Waals surface area contributed by atoms with E-state index in [1.54, 1.807) is 0 Å². The lowest BCUT2D eigenvalue weighted by Gasteiger charge is -2.20. The lowest BCUT2D eigenvalue weighted by Crippen LogP contribution is -2.36. The van der Waals surface area contributed by atoms with Crippen molar-refractivity contribution in [2.45, 2.75) is 20.1 Å². The first-order chi connectivity index (χ1) is 15.4. The highest BCUT2D eigenvalue weighted by Crippen LogP contribution is 2.45. The minimum absolute atomic E-state index is 0.327. The molecule has 0 bridgehead atoms. The zero-order valence-corrected chi connectivity index (χ0v) is 19.8. The van der Waals surface area contributed by atoms with Crippen LogP contribution in [0.1, 0.15) is 22.7 Å². The minimum Gasteiger partial charge on any atom is -0.445 e. The van der Waals surface area contributed by atoms with Crippen LogP contribution in [0, 0.1) is 0 Å². The predicted molar refractivity (Wildman–Crippen MR) is 132 cm³/mol. The number of halogens is 3. The zero-order chi connectivity index (χ0) is 22.6. The van der Waals surface area contributed by atoms with E-state index in [1.807, 2.05) is 84.9 Å². The van der Waals surface area contributed by atoms with Crippen LogP contribution in [0.4, 0.5) is 4.79 Å². The van der Waals surface area contributed by atoms with Crippen molar-refractivity contribution >= 4 is 58.4 Å². The Morgan fingerprint density at radius 2 is 1.47 bits per heavy atom. The van der Waals surface area contributed by atoms with E-state index in [-0.39, 0.29) is 18.0 Å². The Morgan fingerprint density at radius 1 is 0.906 bits per heavy atom. The van der Waals surface area contributed by atoms with Crippen molar-refractivity contribution in [2.24, 2.45) is 4.99 Å². The van der Waals surface area contributed by atoms with Crippen LogP contribution in [0.2, 0.25) is 0 Å². The fourth-order valence-electron chi connectivity index (χ4n) is 3.39. The van der Waals surface area contributed by atoms with Gasteiger partial charge in [-0.3, -0.25) is 4.99 Å². The van der Waals surface area contributed by atoms with E-state index in [9.17, 15) is 4.79 Å². The van der Waals surface area contributed by atoms with Crippen molar-refractivity contribution in [3.63, 3.8) is 0 Å². The first-order valence-corrected chi connectivity index (χ1v) is 11.9. The second-order valence-electron chi connectivity index (χ2n) is 7.07. The lowest BCUT2D eigenvalue weighted by molar-refractivity contribution is 0.146. The number of amides is 1. The van der Waals surface area contributed by atoms with Crippen LogP contribution >= 0.6 is 46.6 Å². The number of alkyl halides is 3. The fourth-order valence-corrected chi connectivity index (χ4v) is 4.80. The average molecular weight is 506 g/mol. The number of hydrogen-bond acceptors (Lipinski definition) is 4. The van der Waals surface area contributed by atoms with Crippen LogP contribution in [0.3, 0.4) is 0 Å². The van der Waals surface area contributed by atoms with Crippen molar-refractivity contribution in [1.82, 2.24) is 5.32 Å². The number of ether oxygens (including phenoxy) is 1. The molecule has 3 aromatic carbocycles. The van der Waals surface area contributed by atoms with E-state index in [2.05, 4.69) is 5.32 Å². The molecule has 1 amide bonds. The molecule has 4 rings (SSSR count). The molecule has 0 unspecified atom stereocenters. The van der Waals surface area contributed by atoms with Gasteiger partial charge in [0.1, 0.15) is 18.0 Å². The zero-order valence-electron chi connectivity index (χ0n) is 16.8. The molecule has 8 heteroatoms. The third-order valence-corrected chi connectivity index (χ3v) is 6.35. The highest BCUT2D eigenvalue weighted by atomic mass is 35.6. The maximum absolute atomic E-state index is 12.4. The topological polar surface area (TPSA) is 50.7 Å². The van der Waals surface area contributed by atoms with E-state index >= 15 is 0 Å². The number of fused-ring (bicyclic) bond motifs is 1. The Kier molecular flexibility index (Phi) is 7.31. The number of alkyl carbamates (subject to hydrolysis) is 1. The van der Waals surface area contributed by atoms with Gasteiger partial charge in [-0.1, -0.05) is 125 Å². The third kappa shape index (κ3) is 5.78. The molecule has 1 aliphatic rings. The molecular weight excluding hydrogens is 487 g/mol. The molecule has 3 aromatic rings. The summed E-state index contributed by atoms with van der Waals surface area (Å²) in [5, 5.41) is 2.50. The van der Waals surface area contributed by atoms with Crippen LogP contribution in [0.5, 0.6) is 0 Å². The summed E-state index contributed by atoms with van der Waals surface area (Å²) < 4.78 is 3.41. The second kappa shape index (κ2) is 10.2. The Morgan fingerprint density at radius 3 is 2.06 bits per heavy atom. The van der Waals surface area contributed by atoms with E-state index < -0.39 is 9.89 Å². The standard InChI is InChI=1S/C24H19Cl3N2O2S/c25-24(26,27)15-31-23(30)29-22-21(18-13-7-8-14-19(18)32-22)28-20(16-9-3-1-4-10-16)17-11-5-2-6-12-17/h1-14,21-22H,15H2,(H,29,30)/t21-,22-/m1/s1. The highest BCUT2D eigenvalue weighted by Gasteiger charge is 2.35. The Bertz CT molecular complexity index is 1060. The van der Waals surface area contributed by atoms with Gasteiger partial charge in [-0.2, -0.15) is 0 Å². The summed E-state index contributed by atoms with van der Waals surface area (Å²) in [5.74, 6) is 0. The van der Waals surface area contributed by atoms with E-state index in [0.29, 0.717) is 0 Å². The second-order valence-corrected chi connectivity index (χ2v) is 10.8. The Hall–Kier alpha value is -2.18. The third-order valence-electron chi connectivity index (χ3n) is 4.77. The molecule has 2 atom stereocenters. The van der Waals surface area contributed by atoms with Gasteiger partial charge in [0.05, 0.1) is 5.71 Å². The van der Waals surface area contributed by atoms with Crippen LogP contribution < -0.4 is 5.32 Å². The molecule has 0 saturated carbocycles. The number of aliphatic imine (C=N–C) groups is 1. The summed E-state index contributed by atoms with van der Waals surface area (Å²) in [6.45, 7) is -0.346. The van der Waals surface area contributed by atoms with Crippen molar-refractivity contribution < 1.29 is 9.53 Å². The van der Waals surface area contributed by atoms with Crippen LogP contribution in [0.25, 0.3) is 0 Å². The van der Waals surface area contributed by atoms with Gasteiger partial charge >= 0.3 is 6.09 Å². The average Bonchev–Trinajstić information content (AvgIpc) is 3.13. The van der Waals surface area contributed by atoms with Gasteiger partial charge in [0.25, 0.3) is 0 Å². The molecule has 1 aliphatic heterocycles. The maximum Gasteiger partial charge on any atom is 0.408 e. The van der Waals surface area contributed by atoms with Gasteiger partial charge in [-0.15, -0.1) is 0 Å². The monoisotopic (exact) mass is 504 g/mol. The maximum atomic E-state index is 12.4. The van der Waals surface area contributed by atoms with Crippen molar-refractivity contribution in [3.05, 3.63) is 102 Å². The normalized spacial score (nSPS) is 17.3. The van der Waals surface area contributed by atoms with Crippen LogP contribution in [0.15, 0.2) is 94.8 Å². The van der Waals surface area contributed by atoms with Crippen molar-refractivity contribution in [1.29, 1.82) is 0 Å². The minimum atomic E-state index is -1.67. The quantitative estimate of drug-likeness (QED) is 0.307. The summed E-state index contributed by atoms with van der Waals surface area (Å²) in [6.07, 6.45) is -0.664. The van der Waals surface area contributed by atoms with Crippen molar-refractivity contribution in [3.8, 4) is 0 Å².